The summed E-state index contributed by atoms with van der Waals surface area (Å²) in [6, 6.07) is 5.21. The quantitative estimate of drug-likeness (QED) is 0.559. The molecule has 0 spiro atoms. The number of ether oxygens (including phenoxy) is 1. The molecule has 4 nitrogen and oxygen atoms in total. The summed E-state index contributed by atoms with van der Waals surface area (Å²) < 4.78 is 4.63. The van der Waals surface area contributed by atoms with E-state index in [1.807, 2.05) is 6.92 Å². The topological polar surface area (TPSA) is 46.6 Å². The number of methoxy groups -OCH3 is 1. The Labute approximate surface area is 93.8 Å². The van der Waals surface area contributed by atoms with Gasteiger partial charge in [-0.1, -0.05) is 0 Å². The molecule has 84 valence electrons. The van der Waals surface area contributed by atoms with Gasteiger partial charge in [0.15, 0.2) is 0 Å². The van der Waals surface area contributed by atoms with Crippen LogP contribution in [0.25, 0.3) is 0 Å². The third-order valence-electron chi connectivity index (χ3n) is 2.76. The van der Waals surface area contributed by atoms with E-state index in [2.05, 4.69) is 4.74 Å². The van der Waals surface area contributed by atoms with Crippen molar-refractivity contribution in [2.24, 2.45) is 0 Å². The van der Waals surface area contributed by atoms with Gasteiger partial charge < -0.3 is 9.64 Å². The van der Waals surface area contributed by atoms with Crippen LogP contribution in [-0.4, -0.2) is 25.5 Å². The summed E-state index contributed by atoms with van der Waals surface area (Å²) in [5.74, 6) is -0.224. The van der Waals surface area contributed by atoms with Crippen LogP contribution in [0.15, 0.2) is 18.2 Å². The predicted octanol–water partition coefficient (Wildman–Crippen LogP) is 1.52. The second-order valence-electron chi connectivity index (χ2n) is 3.79. The molecule has 0 bridgehead atoms. The summed E-state index contributed by atoms with van der Waals surface area (Å²) in [7, 11) is 1.35. The zero-order valence-corrected chi connectivity index (χ0v) is 9.32. The van der Waals surface area contributed by atoms with E-state index in [1.54, 1.807) is 23.1 Å². The average molecular weight is 219 g/mol. The maximum atomic E-state index is 11.3. The molecular formula is C12H13NO3. The van der Waals surface area contributed by atoms with Crippen molar-refractivity contribution in [3.63, 3.8) is 0 Å². The summed E-state index contributed by atoms with van der Waals surface area (Å²) in [5.41, 5.74) is 2.30. The molecule has 1 fully saturated rings. The number of aryl methyl sites for hydroxylation is 1. The van der Waals surface area contributed by atoms with Crippen molar-refractivity contribution < 1.29 is 14.3 Å². The summed E-state index contributed by atoms with van der Waals surface area (Å²) in [5, 5.41) is 0. The number of carbonyl (C=O) groups is 2. The Morgan fingerprint density at radius 2 is 2.19 bits per heavy atom. The van der Waals surface area contributed by atoms with Gasteiger partial charge in [0.1, 0.15) is 0 Å². The van der Waals surface area contributed by atoms with Crippen LogP contribution in [0, 0.1) is 6.92 Å². The lowest BCUT2D eigenvalue weighted by atomic mass is 10.1. The minimum Gasteiger partial charge on any atom is -0.465 e. The molecule has 0 unspecified atom stereocenters. The van der Waals surface area contributed by atoms with Gasteiger partial charge in [0, 0.05) is 18.7 Å². The van der Waals surface area contributed by atoms with Gasteiger partial charge in [-0.05, 0) is 30.7 Å². The second kappa shape index (κ2) is 3.96. The maximum Gasteiger partial charge on any atom is 0.337 e. The Bertz CT molecular complexity index is 454. The summed E-state index contributed by atoms with van der Waals surface area (Å²) in [4.78, 5) is 24.3. The van der Waals surface area contributed by atoms with Gasteiger partial charge in [-0.15, -0.1) is 0 Å². The minimum absolute atomic E-state index is 0.133. The van der Waals surface area contributed by atoms with Crippen LogP contribution in [0.1, 0.15) is 22.3 Å². The number of hydrogen-bond donors (Lipinski definition) is 0. The largest absolute Gasteiger partial charge is 0.465 e. The predicted molar refractivity (Wildman–Crippen MR) is 59.5 cm³/mol. The number of esters is 1. The fourth-order valence-electron chi connectivity index (χ4n) is 1.77. The molecule has 1 aliphatic rings. The monoisotopic (exact) mass is 219 g/mol. The fourth-order valence-corrected chi connectivity index (χ4v) is 1.77. The minimum atomic E-state index is -0.357. The average Bonchev–Trinajstić information content (AvgIpc) is 2.28. The van der Waals surface area contributed by atoms with Crippen molar-refractivity contribution in [2.75, 3.05) is 18.6 Å². The second-order valence-corrected chi connectivity index (χ2v) is 3.79. The van der Waals surface area contributed by atoms with E-state index in [-0.39, 0.29) is 11.9 Å². The van der Waals surface area contributed by atoms with Crippen molar-refractivity contribution in [1.29, 1.82) is 0 Å². The van der Waals surface area contributed by atoms with Gasteiger partial charge >= 0.3 is 5.97 Å². The number of β-lactam (4-membered cyclic amide) rings is 1. The van der Waals surface area contributed by atoms with Crippen LogP contribution in [-0.2, 0) is 9.53 Å². The molecule has 1 aliphatic heterocycles. The van der Waals surface area contributed by atoms with Crippen molar-refractivity contribution in [1.82, 2.24) is 0 Å². The molecule has 2 rings (SSSR count). The number of amides is 1. The van der Waals surface area contributed by atoms with Crippen LogP contribution in [0.5, 0.6) is 0 Å². The van der Waals surface area contributed by atoms with E-state index in [1.165, 1.54) is 7.11 Å². The number of anilines is 1. The van der Waals surface area contributed by atoms with Gasteiger partial charge in [0.25, 0.3) is 0 Å². The number of hydrogen-bond acceptors (Lipinski definition) is 3. The molecule has 1 aromatic rings. The molecule has 0 aromatic heterocycles. The number of rotatable bonds is 2. The van der Waals surface area contributed by atoms with E-state index in [0.717, 1.165) is 17.8 Å². The van der Waals surface area contributed by atoms with E-state index < -0.39 is 0 Å². The zero-order chi connectivity index (χ0) is 11.7. The summed E-state index contributed by atoms with van der Waals surface area (Å²) in [6.45, 7) is 2.64. The first-order chi connectivity index (χ1) is 7.63. The molecule has 1 amide bonds. The molecule has 1 heterocycles. The van der Waals surface area contributed by atoms with Crippen LogP contribution < -0.4 is 4.90 Å². The molecule has 0 N–H and O–H groups in total. The smallest absolute Gasteiger partial charge is 0.337 e. The lowest BCUT2D eigenvalue weighted by Gasteiger charge is -2.32. The van der Waals surface area contributed by atoms with E-state index in [9.17, 15) is 9.59 Å². The number of benzene rings is 1. The molecule has 0 radical (unpaired) electrons. The van der Waals surface area contributed by atoms with Gasteiger partial charge in [0.05, 0.1) is 12.7 Å². The van der Waals surface area contributed by atoms with Gasteiger partial charge in [-0.2, -0.15) is 0 Å². The van der Waals surface area contributed by atoms with Gasteiger partial charge in [-0.3, -0.25) is 4.79 Å². The first-order valence-electron chi connectivity index (χ1n) is 5.13. The molecule has 0 aliphatic carbocycles. The zero-order valence-electron chi connectivity index (χ0n) is 9.32. The lowest BCUT2D eigenvalue weighted by Crippen LogP contribution is -2.43. The number of nitrogens with zero attached hydrogens (tertiary/aromatic N) is 1. The lowest BCUT2D eigenvalue weighted by molar-refractivity contribution is -0.122. The molecule has 0 atom stereocenters. The fraction of sp³-hybridized carbons (Fsp3) is 0.333. The molecule has 4 heteroatoms. The number of carbonyl (C=O) groups excluding carboxylic acids is 2. The van der Waals surface area contributed by atoms with Gasteiger partial charge in [-0.25, -0.2) is 4.79 Å². The Kier molecular flexibility index (Phi) is 2.64. The van der Waals surface area contributed by atoms with Crippen LogP contribution in [0.3, 0.4) is 0 Å². The summed E-state index contributed by atoms with van der Waals surface area (Å²) in [6.07, 6.45) is 0.609. The normalized spacial score (nSPS) is 14.6. The first-order valence-corrected chi connectivity index (χ1v) is 5.13. The van der Waals surface area contributed by atoms with Crippen LogP contribution in [0.4, 0.5) is 5.69 Å². The van der Waals surface area contributed by atoms with Crippen LogP contribution >= 0.6 is 0 Å². The third-order valence-corrected chi connectivity index (χ3v) is 2.76. The van der Waals surface area contributed by atoms with E-state index >= 15 is 0 Å². The molecular weight excluding hydrogens is 206 g/mol. The third kappa shape index (κ3) is 1.66. The maximum absolute atomic E-state index is 11.3. The standard InChI is InChI=1S/C12H13NO3/c1-8-7-9(12(15)16-2)3-4-10(8)13-6-5-11(13)14/h3-4,7H,5-6H2,1-2H3. The first kappa shape index (κ1) is 10.7. The van der Waals surface area contributed by atoms with E-state index in [4.69, 9.17) is 0 Å². The van der Waals surface area contributed by atoms with Crippen LogP contribution in [0.2, 0.25) is 0 Å². The van der Waals surface area contributed by atoms with Crippen molar-refractivity contribution in [3.05, 3.63) is 29.3 Å². The SMILES string of the molecule is COC(=O)c1ccc(N2CCC2=O)c(C)c1. The molecule has 16 heavy (non-hydrogen) atoms. The van der Waals surface area contributed by atoms with Crippen molar-refractivity contribution >= 4 is 17.6 Å². The highest BCUT2D eigenvalue weighted by atomic mass is 16.5. The highest BCUT2D eigenvalue weighted by Crippen LogP contribution is 2.26. The molecule has 1 saturated heterocycles. The van der Waals surface area contributed by atoms with Crippen molar-refractivity contribution in [3.8, 4) is 0 Å². The summed E-state index contributed by atoms with van der Waals surface area (Å²) >= 11 is 0. The Balaban J connectivity index is 2.29. The highest BCUT2D eigenvalue weighted by molar-refractivity contribution is 6.00. The molecule has 1 aromatic carbocycles. The Morgan fingerprint density at radius 1 is 1.44 bits per heavy atom. The Hall–Kier alpha value is -1.84. The van der Waals surface area contributed by atoms with Crippen molar-refractivity contribution in [2.45, 2.75) is 13.3 Å². The van der Waals surface area contributed by atoms with E-state index in [0.29, 0.717) is 12.0 Å². The van der Waals surface area contributed by atoms with Gasteiger partial charge in [0.2, 0.25) is 5.91 Å². The molecule has 0 saturated carbocycles. The Morgan fingerprint density at radius 3 is 2.62 bits per heavy atom. The highest BCUT2D eigenvalue weighted by Gasteiger charge is 2.26.